The summed E-state index contributed by atoms with van der Waals surface area (Å²) in [6.07, 6.45) is 2.22. The van der Waals surface area contributed by atoms with Crippen molar-refractivity contribution in [2.24, 2.45) is 0 Å². The molecule has 0 spiro atoms. The molecule has 1 aromatic carbocycles. The second-order valence-corrected chi connectivity index (χ2v) is 7.79. The first kappa shape index (κ1) is 19.0. The van der Waals surface area contributed by atoms with Crippen LogP contribution >= 0.6 is 0 Å². The Morgan fingerprint density at radius 2 is 2.07 bits per heavy atom. The zero-order valence-electron chi connectivity index (χ0n) is 16.7. The van der Waals surface area contributed by atoms with Gasteiger partial charge < -0.3 is 25.2 Å². The minimum absolute atomic E-state index is 0.141. The van der Waals surface area contributed by atoms with Crippen LogP contribution in [0.1, 0.15) is 18.4 Å². The van der Waals surface area contributed by atoms with Crippen molar-refractivity contribution < 1.29 is 9.53 Å². The number of urea groups is 1. The van der Waals surface area contributed by atoms with Gasteiger partial charge in [-0.25, -0.2) is 9.78 Å². The molecule has 0 saturated carbocycles. The van der Waals surface area contributed by atoms with E-state index >= 15 is 0 Å². The number of aromatic nitrogens is 1. The Morgan fingerprint density at radius 3 is 2.82 bits per heavy atom. The smallest absolute Gasteiger partial charge is 0.319 e. The number of nitrogens with one attached hydrogen (secondary N) is 2. The molecular formula is C21H29N5O2. The standard InChI is InChI=1S/C21H29N5O2/c1-15-12-20(26-9-7-25(2)8-10-26)24-19-6-5-16(13-18(15)19)23-21(27)22-14-17-4-3-11-28-17/h5-6,12-13,17H,3-4,7-11,14H2,1-2H3,(H2,22,23,27)/t17-/m0/s1. The van der Waals surface area contributed by atoms with Crippen molar-refractivity contribution in [2.75, 3.05) is 56.6 Å². The number of hydrogen-bond acceptors (Lipinski definition) is 5. The van der Waals surface area contributed by atoms with Crippen LogP contribution in [-0.4, -0.2) is 68.4 Å². The van der Waals surface area contributed by atoms with Crippen molar-refractivity contribution in [3.05, 3.63) is 29.8 Å². The van der Waals surface area contributed by atoms with Gasteiger partial charge in [-0.1, -0.05) is 0 Å². The fourth-order valence-electron chi connectivity index (χ4n) is 3.84. The number of rotatable bonds is 4. The highest BCUT2D eigenvalue weighted by atomic mass is 16.5. The Kier molecular flexibility index (Phi) is 5.64. The lowest BCUT2D eigenvalue weighted by Crippen LogP contribution is -2.44. The van der Waals surface area contributed by atoms with Crippen LogP contribution < -0.4 is 15.5 Å². The van der Waals surface area contributed by atoms with E-state index in [0.717, 1.165) is 68.0 Å². The molecule has 7 nitrogen and oxygen atoms in total. The summed E-state index contributed by atoms with van der Waals surface area (Å²) >= 11 is 0. The third kappa shape index (κ3) is 4.36. The first-order chi connectivity index (χ1) is 13.6. The predicted octanol–water partition coefficient (Wildman–Crippen LogP) is 2.60. The Morgan fingerprint density at radius 1 is 1.25 bits per heavy atom. The highest BCUT2D eigenvalue weighted by Gasteiger charge is 2.18. The first-order valence-corrected chi connectivity index (χ1v) is 10.1. The molecule has 2 saturated heterocycles. The molecule has 2 aromatic rings. The zero-order chi connectivity index (χ0) is 19.5. The van der Waals surface area contributed by atoms with Crippen LogP contribution in [-0.2, 0) is 4.74 Å². The summed E-state index contributed by atoms with van der Waals surface area (Å²) in [6, 6.07) is 7.84. The maximum absolute atomic E-state index is 12.2. The molecule has 2 aliphatic rings. The van der Waals surface area contributed by atoms with Crippen molar-refractivity contribution in [2.45, 2.75) is 25.9 Å². The second kappa shape index (κ2) is 8.32. The molecule has 2 N–H and O–H groups in total. The molecule has 7 heteroatoms. The Labute approximate surface area is 166 Å². The van der Waals surface area contributed by atoms with Crippen molar-refractivity contribution in [3.8, 4) is 0 Å². The van der Waals surface area contributed by atoms with Crippen molar-refractivity contribution in [3.63, 3.8) is 0 Å². The largest absolute Gasteiger partial charge is 0.376 e. The SMILES string of the molecule is Cc1cc(N2CCN(C)CC2)nc2ccc(NC(=O)NC[C@@H]3CCCO3)cc12. The summed E-state index contributed by atoms with van der Waals surface area (Å²) in [5.41, 5.74) is 2.90. The van der Waals surface area contributed by atoms with E-state index in [4.69, 9.17) is 9.72 Å². The van der Waals surface area contributed by atoms with Gasteiger partial charge in [0.2, 0.25) is 0 Å². The quantitative estimate of drug-likeness (QED) is 0.849. The third-order valence-electron chi connectivity index (χ3n) is 5.60. The number of aryl methyl sites for hydroxylation is 1. The number of benzene rings is 1. The monoisotopic (exact) mass is 383 g/mol. The van der Waals surface area contributed by atoms with E-state index in [-0.39, 0.29) is 12.1 Å². The van der Waals surface area contributed by atoms with E-state index in [1.165, 1.54) is 5.56 Å². The zero-order valence-corrected chi connectivity index (χ0v) is 16.7. The molecule has 0 unspecified atom stereocenters. The molecule has 0 aliphatic carbocycles. The molecule has 150 valence electrons. The first-order valence-electron chi connectivity index (χ1n) is 10.1. The lowest BCUT2D eigenvalue weighted by molar-refractivity contribution is 0.112. The molecule has 2 aliphatic heterocycles. The van der Waals surface area contributed by atoms with E-state index in [0.29, 0.717) is 6.54 Å². The van der Waals surface area contributed by atoms with Gasteiger partial charge in [-0.2, -0.15) is 0 Å². The molecule has 1 atom stereocenters. The predicted molar refractivity (Wildman–Crippen MR) is 112 cm³/mol. The molecular weight excluding hydrogens is 354 g/mol. The van der Waals surface area contributed by atoms with Gasteiger partial charge in [-0.05, 0) is 56.6 Å². The van der Waals surface area contributed by atoms with E-state index < -0.39 is 0 Å². The van der Waals surface area contributed by atoms with Crippen LogP contribution in [0.3, 0.4) is 0 Å². The maximum Gasteiger partial charge on any atom is 0.319 e. The molecule has 2 fully saturated rings. The molecule has 3 heterocycles. The fraction of sp³-hybridized carbons (Fsp3) is 0.524. The fourth-order valence-corrected chi connectivity index (χ4v) is 3.84. The van der Waals surface area contributed by atoms with Crippen molar-refractivity contribution in [1.82, 2.24) is 15.2 Å². The van der Waals surface area contributed by atoms with Gasteiger partial charge >= 0.3 is 6.03 Å². The Hall–Kier alpha value is -2.38. The van der Waals surface area contributed by atoms with Gasteiger partial charge in [0.05, 0.1) is 11.6 Å². The lowest BCUT2D eigenvalue weighted by atomic mass is 10.1. The number of hydrogen-bond donors (Lipinski definition) is 2. The minimum atomic E-state index is -0.200. The summed E-state index contributed by atoms with van der Waals surface area (Å²) in [6.45, 7) is 7.56. The number of amides is 2. The minimum Gasteiger partial charge on any atom is -0.376 e. The highest BCUT2D eigenvalue weighted by molar-refractivity contribution is 5.94. The maximum atomic E-state index is 12.2. The number of pyridine rings is 1. The van der Waals surface area contributed by atoms with Crippen molar-refractivity contribution >= 4 is 28.4 Å². The third-order valence-corrected chi connectivity index (χ3v) is 5.60. The number of nitrogens with zero attached hydrogens (tertiary/aromatic N) is 3. The Balaban J connectivity index is 1.44. The molecule has 1 aromatic heterocycles. The Bertz CT molecular complexity index is 842. The highest BCUT2D eigenvalue weighted by Crippen LogP contribution is 2.26. The van der Waals surface area contributed by atoms with Crippen LogP contribution in [0.15, 0.2) is 24.3 Å². The summed E-state index contributed by atoms with van der Waals surface area (Å²) in [7, 11) is 2.15. The number of carbonyl (C=O) groups excluding carboxylic acids is 1. The summed E-state index contributed by atoms with van der Waals surface area (Å²) in [4.78, 5) is 21.7. The summed E-state index contributed by atoms with van der Waals surface area (Å²) in [5, 5.41) is 6.87. The molecule has 4 rings (SSSR count). The van der Waals surface area contributed by atoms with Gasteiger partial charge in [-0.3, -0.25) is 0 Å². The average Bonchev–Trinajstić information content (AvgIpc) is 3.21. The van der Waals surface area contributed by atoms with Crippen LogP contribution in [0.5, 0.6) is 0 Å². The number of carbonyl (C=O) groups is 1. The second-order valence-electron chi connectivity index (χ2n) is 7.79. The van der Waals surface area contributed by atoms with Crippen LogP contribution in [0, 0.1) is 6.92 Å². The number of ether oxygens (including phenoxy) is 1. The molecule has 0 radical (unpaired) electrons. The lowest BCUT2D eigenvalue weighted by Gasteiger charge is -2.33. The molecule has 2 amide bonds. The van der Waals surface area contributed by atoms with Gasteiger partial charge in [0, 0.05) is 50.4 Å². The number of anilines is 2. The summed E-state index contributed by atoms with van der Waals surface area (Å²) < 4.78 is 5.54. The van der Waals surface area contributed by atoms with Gasteiger partial charge in [0.15, 0.2) is 0 Å². The van der Waals surface area contributed by atoms with Gasteiger partial charge in [0.25, 0.3) is 0 Å². The van der Waals surface area contributed by atoms with Crippen molar-refractivity contribution in [1.29, 1.82) is 0 Å². The molecule has 0 bridgehead atoms. The van der Waals surface area contributed by atoms with E-state index in [2.05, 4.69) is 40.5 Å². The average molecular weight is 383 g/mol. The van der Waals surface area contributed by atoms with Crippen LogP contribution in [0.2, 0.25) is 0 Å². The molecule has 28 heavy (non-hydrogen) atoms. The number of likely N-dealkylation sites (N-methyl/N-ethyl adjacent to an activating group) is 1. The van der Waals surface area contributed by atoms with Gasteiger partial charge in [-0.15, -0.1) is 0 Å². The van der Waals surface area contributed by atoms with E-state index in [9.17, 15) is 4.79 Å². The van der Waals surface area contributed by atoms with E-state index in [1.807, 2.05) is 18.2 Å². The van der Waals surface area contributed by atoms with Gasteiger partial charge in [0.1, 0.15) is 5.82 Å². The number of fused-ring (bicyclic) bond motifs is 1. The van der Waals surface area contributed by atoms with Crippen LogP contribution in [0.4, 0.5) is 16.3 Å². The number of piperazine rings is 1. The van der Waals surface area contributed by atoms with Crippen LogP contribution in [0.25, 0.3) is 10.9 Å². The normalized spacial score (nSPS) is 20.5. The summed E-state index contributed by atoms with van der Waals surface area (Å²) in [5.74, 6) is 1.04. The van der Waals surface area contributed by atoms with E-state index in [1.54, 1.807) is 0 Å². The topological polar surface area (TPSA) is 69.7 Å².